The third-order valence-corrected chi connectivity index (χ3v) is 5.50. The minimum Gasteiger partial charge on any atom is -0.453 e. The Bertz CT molecular complexity index is 1150. The zero-order chi connectivity index (χ0) is 19.0. The molecule has 0 spiro atoms. The van der Waals surface area contributed by atoms with Crippen LogP contribution in [0.15, 0.2) is 48.0 Å². The van der Waals surface area contributed by atoms with E-state index in [0.717, 1.165) is 32.1 Å². The van der Waals surface area contributed by atoms with E-state index in [9.17, 15) is 13.6 Å². The molecule has 0 atom stereocenters. The first kappa shape index (κ1) is 17.5. The number of methoxy groups -OCH3 is 1. The predicted molar refractivity (Wildman–Crippen MR) is 102 cm³/mol. The van der Waals surface area contributed by atoms with Crippen molar-refractivity contribution in [3.63, 3.8) is 0 Å². The Morgan fingerprint density at radius 2 is 1.85 bits per heavy atom. The third-order valence-electron chi connectivity index (χ3n) is 4.49. The summed E-state index contributed by atoms with van der Waals surface area (Å²) in [6.07, 6.45) is 1.33. The number of nitrogens with one attached hydrogen (secondary N) is 1. The van der Waals surface area contributed by atoms with Gasteiger partial charge in [0.15, 0.2) is 0 Å². The quantitative estimate of drug-likeness (QED) is 0.534. The summed E-state index contributed by atoms with van der Waals surface area (Å²) in [7, 11) is 1.29. The lowest BCUT2D eigenvalue weighted by Crippen LogP contribution is -2.22. The van der Waals surface area contributed by atoms with Crippen molar-refractivity contribution in [2.75, 3.05) is 7.11 Å². The predicted octanol–water partition coefficient (Wildman–Crippen LogP) is 5.04. The topological polar surface area (TPSA) is 43.3 Å². The van der Waals surface area contributed by atoms with E-state index in [1.54, 1.807) is 23.5 Å². The fraction of sp³-hybridized carbons (Fsp3) is 0.150. The number of ether oxygens (including phenoxy) is 1. The number of rotatable bonds is 4. The molecule has 1 amide bonds. The number of benzene rings is 2. The second kappa shape index (κ2) is 7.00. The molecule has 0 bridgehead atoms. The van der Waals surface area contributed by atoms with E-state index in [1.807, 2.05) is 16.1 Å². The van der Waals surface area contributed by atoms with E-state index in [1.165, 1.54) is 31.4 Å². The number of carbonyl (C=O) groups excluding carboxylic acids is 1. The summed E-state index contributed by atoms with van der Waals surface area (Å²) in [5.41, 5.74) is 2.61. The van der Waals surface area contributed by atoms with Crippen LogP contribution in [0, 0.1) is 11.6 Å². The van der Waals surface area contributed by atoms with Gasteiger partial charge in [0.25, 0.3) is 0 Å². The molecular weight excluding hydrogens is 370 g/mol. The monoisotopic (exact) mass is 386 g/mol. The van der Waals surface area contributed by atoms with Crippen LogP contribution >= 0.6 is 11.3 Å². The Morgan fingerprint density at radius 3 is 2.63 bits per heavy atom. The molecule has 7 heteroatoms. The molecular formula is C20H16F2N2O2S. The standard InChI is InChI=1S/C20H16F2N2O2S/c1-26-20(25)23-8-12-9-24(18-4-2-14(21)6-16(12)18)10-13-11-27-19-5-3-15(22)7-17(13)19/h2-7,9,11H,8,10H2,1H3,(H,23,25). The van der Waals surface area contributed by atoms with Crippen LogP contribution in [0.4, 0.5) is 13.6 Å². The van der Waals surface area contributed by atoms with Crippen molar-refractivity contribution in [1.29, 1.82) is 0 Å². The molecule has 0 fully saturated rings. The highest BCUT2D eigenvalue weighted by Crippen LogP contribution is 2.30. The van der Waals surface area contributed by atoms with Gasteiger partial charge in [-0.15, -0.1) is 11.3 Å². The molecule has 0 aliphatic heterocycles. The Hall–Kier alpha value is -2.93. The lowest BCUT2D eigenvalue weighted by molar-refractivity contribution is 0.170. The summed E-state index contributed by atoms with van der Waals surface area (Å²) >= 11 is 1.56. The van der Waals surface area contributed by atoms with Crippen LogP contribution in [0.2, 0.25) is 0 Å². The molecule has 138 valence electrons. The molecule has 0 aliphatic carbocycles. The maximum Gasteiger partial charge on any atom is 0.407 e. The van der Waals surface area contributed by atoms with Gasteiger partial charge in [0, 0.05) is 40.3 Å². The number of nitrogens with zero attached hydrogens (tertiary/aromatic N) is 1. The number of thiophene rings is 1. The van der Waals surface area contributed by atoms with Gasteiger partial charge < -0.3 is 14.6 Å². The first-order valence-electron chi connectivity index (χ1n) is 8.30. The van der Waals surface area contributed by atoms with Crippen LogP contribution in [0.3, 0.4) is 0 Å². The molecule has 4 aromatic rings. The largest absolute Gasteiger partial charge is 0.453 e. The van der Waals surface area contributed by atoms with E-state index in [0.29, 0.717) is 6.54 Å². The molecule has 2 heterocycles. The molecule has 4 rings (SSSR count). The van der Waals surface area contributed by atoms with E-state index in [-0.39, 0.29) is 18.2 Å². The van der Waals surface area contributed by atoms with Crippen molar-refractivity contribution < 1.29 is 18.3 Å². The zero-order valence-electron chi connectivity index (χ0n) is 14.5. The molecule has 0 saturated heterocycles. The van der Waals surface area contributed by atoms with E-state index < -0.39 is 6.09 Å². The minimum atomic E-state index is -0.549. The molecule has 2 aromatic heterocycles. The van der Waals surface area contributed by atoms with Gasteiger partial charge in [-0.05, 0) is 52.9 Å². The second-order valence-corrected chi connectivity index (χ2v) is 7.10. The zero-order valence-corrected chi connectivity index (χ0v) is 15.3. The molecule has 0 unspecified atom stereocenters. The van der Waals surface area contributed by atoms with Gasteiger partial charge in [-0.3, -0.25) is 0 Å². The van der Waals surface area contributed by atoms with Crippen molar-refractivity contribution >= 4 is 38.4 Å². The SMILES string of the molecule is COC(=O)NCc1cn(Cc2csc3ccc(F)cc23)c2ccc(F)cc12. The Balaban J connectivity index is 1.74. The Labute approximate surface area is 158 Å². The lowest BCUT2D eigenvalue weighted by atomic mass is 10.1. The number of hydrogen-bond donors (Lipinski definition) is 1. The second-order valence-electron chi connectivity index (χ2n) is 6.19. The van der Waals surface area contributed by atoms with E-state index in [4.69, 9.17) is 0 Å². The first-order chi connectivity index (χ1) is 13.0. The van der Waals surface area contributed by atoms with E-state index >= 15 is 0 Å². The van der Waals surface area contributed by atoms with Crippen LogP contribution in [-0.2, 0) is 17.8 Å². The van der Waals surface area contributed by atoms with E-state index in [2.05, 4.69) is 10.1 Å². The van der Waals surface area contributed by atoms with Crippen LogP contribution in [0.1, 0.15) is 11.1 Å². The minimum absolute atomic E-state index is 0.221. The summed E-state index contributed by atoms with van der Waals surface area (Å²) < 4.78 is 35.0. The average molecular weight is 386 g/mol. The van der Waals surface area contributed by atoms with Gasteiger partial charge in [0.05, 0.1) is 7.11 Å². The molecule has 27 heavy (non-hydrogen) atoms. The number of aromatic nitrogens is 1. The molecule has 0 aliphatic rings. The smallest absolute Gasteiger partial charge is 0.407 e. The number of halogens is 2. The molecule has 1 N–H and O–H groups in total. The lowest BCUT2D eigenvalue weighted by Gasteiger charge is -2.05. The Morgan fingerprint density at radius 1 is 1.11 bits per heavy atom. The van der Waals surface area contributed by atoms with Gasteiger partial charge in [-0.2, -0.15) is 0 Å². The fourth-order valence-corrected chi connectivity index (χ4v) is 4.15. The summed E-state index contributed by atoms with van der Waals surface area (Å²) in [5.74, 6) is -0.618. The van der Waals surface area contributed by atoms with Gasteiger partial charge in [0.2, 0.25) is 0 Å². The van der Waals surface area contributed by atoms with Crippen LogP contribution in [0.5, 0.6) is 0 Å². The highest BCUT2D eigenvalue weighted by atomic mass is 32.1. The Kier molecular flexibility index (Phi) is 4.53. The third kappa shape index (κ3) is 3.38. The fourth-order valence-electron chi connectivity index (χ4n) is 3.21. The van der Waals surface area contributed by atoms with Crippen molar-refractivity contribution in [3.8, 4) is 0 Å². The molecule has 0 saturated carbocycles. The summed E-state index contributed by atoms with van der Waals surface area (Å²) in [4.78, 5) is 11.4. The summed E-state index contributed by atoms with van der Waals surface area (Å²) in [5, 5.41) is 6.22. The number of alkyl carbamates (subject to hydrolysis) is 1. The number of carbonyl (C=O) groups is 1. The number of fused-ring (bicyclic) bond motifs is 2. The molecule has 0 radical (unpaired) electrons. The van der Waals surface area contributed by atoms with Crippen molar-refractivity contribution in [3.05, 3.63) is 70.7 Å². The molecule has 2 aromatic carbocycles. The van der Waals surface area contributed by atoms with Gasteiger partial charge >= 0.3 is 6.09 Å². The van der Waals surface area contributed by atoms with Gasteiger partial charge in [0.1, 0.15) is 11.6 Å². The highest BCUT2D eigenvalue weighted by molar-refractivity contribution is 7.17. The average Bonchev–Trinajstić information content (AvgIpc) is 3.21. The van der Waals surface area contributed by atoms with Crippen LogP contribution in [0.25, 0.3) is 21.0 Å². The highest BCUT2D eigenvalue weighted by Gasteiger charge is 2.13. The normalized spacial score (nSPS) is 11.2. The maximum absolute atomic E-state index is 13.8. The van der Waals surface area contributed by atoms with Crippen molar-refractivity contribution in [1.82, 2.24) is 9.88 Å². The summed E-state index contributed by atoms with van der Waals surface area (Å²) in [6.45, 7) is 0.739. The van der Waals surface area contributed by atoms with Crippen LogP contribution < -0.4 is 5.32 Å². The van der Waals surface area contributed by atoms with Gasteiger partial charge in [-0.1, -0.05) is 0 Å². The van der Waals surface area contributed by atoms with Crippen molar-refractivity contribution in [2.24, 2.45) is 0 Å². The summed E-state index contributed by atoms with van der Waals surface area (Å²) in [6, 6.07) is 9.32. The van der Waals surface area contributed by atoms with Crippen LogP contribution in [-0.4, -0.2) is 17.8 Å². The van der Waals surface area contributed by atoms with Crippen molar-refractivity contribution in [2.45, 2.75) is 13.1 Å². The number of amides is 1. The maximum atomic E-state index is 13.8. The number of hydrogen-bond acceptors (Lipinski definition) is 3. The molecule has 4 nitrogen and oxygen atoms in total. The first-order valence-corrected chi connectivity index (χ1v) is 9.18. The van der Waals surface area contributed by atoms with Gasteiger partial charge in [-0.25, -0.2) is 13.6 Å².